The highest BCUT2D eigenvalue weighted by Crippen LogP contribution is 2.28. The summed E-state index contributed by atoms with van der Waals surface area (Å²) in [4.78, 5) is 19.9. The van der Waals surface area contributed by atoms with Crippen LogP contribution in [0.25, 0.3) is 0 Å². The molecule has 160 valence electrons. The summed E-state index contributed by atoms with van der Waals surface area (Å²) in [7, 11) is 1.68. The standard InChI is InChI=1S/C27H30N2O2/c1-20-15-23(16-21-7-4-3-5-8-21)17-26(28-20)25-9-6-14-29(18-25)27(30)24-12-10-22(11-13-24)19-31-2/h3-5,7-8,10-13,15,17,25H,6,9,14,16,18-19H2,1-2H3/t25-/m1/s1. The molecule has 1 saturated heterocycles. The summed E-state index contributed by atoms with van der Waals surface area (Å²) in [5.74, 6) is 0.380. The summed E-state index contributed by atoms with van der Waals surface area (Å²) >= 11 is 0. The number of amides is 1. The molecule has 4 rings (SSSR count). The summed E-state index contributed by atoms with van der Waals surface area (Å²) in [6, 6.07) is 22.7. The molecule has 0 saturated carbocycles. The maximum Gasteiger partial charge on any atom is 0.253 e. The molecule has 1 amide bonds. The zero-order chi connectivity index (χ0) is 21.6. The average molecular weight is 415 g/mol. The first-order chi connectivity index (χ1) is 15.1. The van der Waals surface area contributed by atoms with Gasteiger partial charge in [-0.15, -0.1) is 0 Å². The molecule has 2 aromatic carbocycles. The zero-order valence-corrected chi connectivity index (χ0v) is 18.4. The second-order valence-electron chi connectivity index (χ2n) is 8.42. The van der Waals surface area contributed by atoms with Gasteiger partial charge in [0, 0.05) is 43.1 Å². The third kappa shape index (κ3) is 5.39. The Morgan fingerprint density at radius 3 is 2.55 bits per heavy atom. The number of hydrogen-bond acceptors (Lipinski definition) is 3. The monoisotopic (exact) mass is 414 g/mol. The van der Waals surface area contributed by atoms with E-state index in [1.165, 1.54) is 11.1 Å². The lowest BCUT2D eigenvalue weighted by molar-refractivity contribution is 0.0706. The molecule has 0 radical (unpaired) electrons. The van der Waals surface area contributed by atoms with Crippen LogP contribution in [0.5, 0.6) is 0 Å². The first-order valence-corrected chi connectivity index (χ1v) is 11.0. The Morgan fingerprint density at radius 2 is 1.81 bits per heavy atom. The minimum absolute atomic E-state index is 0.103. The number of piperidine rings is 1. The van der Waals surface area contributed by atoms with Crippen LogP contribution in [0.4, 0.5) is 0 Å². The fourth-order valence-corrected chi connectivity index (χ4v) is 4.41. The van der Waals surface area contributed by atoms with Gasteiger partial charge in [-0.1, -0.05) is 42.5 Å². The summed E-state index contributed by atoms with van der Waals surface area (Å²) in [5, 5.41) is 0. The highest BCUT2D eigenvalue weighted by molar-refractivity contribution is 5.94. The van der Waals surface area contributed by atoms with Gasteiger partial charge >= 0.3 is 0 Å². The van der Waals surface area contributed by atoms with Crippen LogP contribution in [-0.2, 0) is 17.8 Å². The Hall–Kier alpha value is -2.98. The number of aryl methyl sites for hydroxylation is 1. The van der Waals surface area contributed by atoms with Crippen LogP contribution in [0.3, 0.4) is 0 Å². The third-order valence-corrected chi connectivity index (χ3v) is 5.92. The van der Waals surface area contributed by atoms with Gasteiger partial charge in [0.15, 0.2) is 0 Å². The average Bonchev–Trinajstić information content (AvgIpc) is 2.80. The highest BCUT2D eigenvalue weighted by Gasteiger charge is 2.26. The number of likely N-dealkylation sites (tertiary alicyclic amines) is 1. The smallest absolute Gasteiger partial charge is 0.253 e. The lowest BCUT2D eigenvalue weighted by Gasteiger charge is -2.33. The molecule has 0 bridgehead atoms. The Morgan fingerprint density at radius 1 is 1.03 bits per heavy atom. The van der Waals surface area contributed by atoms with Crippen LogP contribution in [0, 0.1) is 6.92 Å². The van der Waals surface area contributed by atoms with Gasteiger partial charge in [0.25, 0.3) is 5.91 Å². The van der Waals surface area contributed by atoms with E-state index in [9.17, 15) is 4.79 Å². The number of methoxy groups -OCH3 is 1. The lowest BCUT2D eigenvalue weighted by Crippen LogP contribution is -2.39. The predicted molar refractivity (Wildman–Crippen MR) is 123 cm³/mol. The van der Waals surface area contributed by atoms with Crippen molar-refractivity contribution in [2.45, 2.75) is 38.7 Å². The van der Waals surface area contributed by atoms with Gasteiger partial charge < -0.3 is 9.64 Å². The minimum atomic E-state index is 0.103. The largest absolute Gasteiger partial charge is 0.380 e. The van der Waals surface area contributed by atoms with Crippen molar-refractivity contribution in [2.24, 2.45) is 0 Å². The fraction of sp³-hybridized carbons (Fsp3) is 0.333. The van der Waals surface area contributed by atoms with Gasteiger partial charge in [0.05, 0.1) is 6.61 Å². The van der Waals surface area contributed by atoms with Crippen LogP contribution in [0.15, 0.2) is 66.7 Å². The van der Waals surface area contributed by atoms with E-state index in [1.54, 1.807) is 7.11 Å². The number of rotatable bonds is 6. The maximum absolute atomic E-state index is 13.1. The Labute approximate surface area is 184 Å². The number of aromatic nitrogens is 1. The SMILES string of the molecule is COCc1ccc(C(=O)N2CCC[C@@H](c3cc(Cc4ccccc4)cc(C)n3)C2)cc1. The van der Waals surface area contributed by atoms with Crippen LogP contribution in [-0.4, -0.2) is 36.0 Å². The molecule has 4 heteroatoms. The van der Waals surface area contributed by atoms with Gasteiger partial charge in [-0.2, -0.15) is 0 Å². The van der Waals surface area contributed by atoms with Gasteiger partial charge in [-0.25, -0.2) is 0 Å². The van der Waals surface area contributed by atoms with E-state index in [0.29, 0.717) is 6.61 Å². The molecule has 1 aromatic heterocycles. The number of pyridine rings is 1. The molecular formula is C27H30N2O2. The van der Waals surface area contributed by atoms with Crippen molar-refractivity contribution < 1.29 is 9.53 Å². The normalized spacial score (nSPS) is 16.3. The van der Waals surface area contributed by atoms with E-state index in [4.69, 9.17) is 9.72 Å². The number of hydrogen-bond donors (Lipinski definition) is 0. The second kappa shape index (κ2) is 9.88. The first-order valence-electron chi connectivity index (χ1n) is 11.0. The molecule has 1 atom stereocenters. The molecule has 1 aliphatic rings. The second-order valence-corrected chi connectivity index (χ2v) is 8.42. The van der Waals surface area contributed by atoms with Crippen LogP contribution in [0.2, 0.25) is 0 Å². The van der Waals surface area contributed by atoms with E-state index in [1.807, 2.05) is 35.2 Å². The van der Waals surface area contributed by atoms with E-state index in [2.05, 4.69) is 43.3 Å². The molecule has 1 aliphatic heterocycles. The molecule has 2 heterocycles. The summed E-state index contributed by atoms with van der Waals surface area (Å²) in [6.45, 7) is 4.15. The van der Waals surface area contributed by atoms with Crippen molar-refractivity contribution in [3.05, 3.63) is 100 Å². The Balaban J connectivity index is 1.48. The number of nitrogens with zero attached hydrogens (tertiary/aromatic N) is 2. The van der Waals surface area contributed by atoms with Crippen molar-refractivity contribution in [1.82, 2.24) is 9.88 Å². The maximum atomic E-state index is 13.1. The van der Waals surface area contributed by atoms with Crippen molar-refractivity contribution in [2.75, 3.05) is 20.2 Å². The molecule has 31 heavy (non-hydrogen) atoms. The number of carbonyl (C=O) groups is 1. The Bertz CT molecular complexity index is 1020. The first kappa shape index (κ1) is 21.3. The van der Waals surface area contributed by atoms with Crippen molar-refractivity contribution in [3.63, 3.8) is 0 Å². The summed E-state index contributed by atoms with van der Waals surface area (Å²) in [5.41, 5.74) is 6.55. The molecule has 4 nitrogen and oxygen atoms in total. The van der Waals surface area contributed by atoms with Crippen molar-refractivity contribution in [3.8, 4) is 0 Å². The van der Waals surface area contributed by atoms with E-state index < -0.39 is 0 Å². The van der Waals surface area contributed by atoms with Gasteiger partial charge in [0.2, 0.25) is 0 Å². The summed E-state index contributed by atoms with van der Waals surface area (Å²) in [6.07, 6.45) is 2.97. The van der Waals surface area contributed by atoms with Crippen LogP contribution in [0.1, 0.15) is 57.2 Å². The van der Waals surface area contributed by atoms with E-state index >= 15 is 0 Å². The van der Waals surface area contributed by atoms with Crippen molar-refractivity contribution in [1.29, 1.82) is 0 Å². The van der Waals surface area contributed by atoms with E-state index in [-0.39, 0.29) is 11.8 Å². The molecule has 0 unspecified atom stereocenters. The fourth-order valence-electron chi connectivity index (χ4n) is 4.41. The topological polar surface area (TPSA) is 42.4 Å². The number of ether oxygens (including phenoxy) is 1. The lowest BCUT2D eigenvalue weighted by atomic mass is 9.92. The Kier molecular flexibility index (Phi) is 6.78. The quantitative estimate of drug-likeness (QED) is 0.560. The zero-order valence-electron chi connectivity index (χ0n) is 18.4. The van der Waals surface area contributed by atoms with Gasteiger partial charge in [-0.3, -0.25) is 9.78 Å². The molecule has 1 fully saturated rings. The molecular weight excluding hydrogens is 384 g/mol. The molecule has 0 spiro atoms. The number of carbonyl (C=O) groups excluding carboxylic acids is 1. The minimum Gasteiger partial charge on any atom is -0.380 e. The molecule has 3 aromatic rings. The van der Waals surface area contributed by atoms with Gasteiger partial charge in [-0.05, 0) is 67.1 Å². The highest BCUT2D eigenvalue weighted by atomic mass is 16.5. The van der Waals surface area contributed by atoms with Gasteiger partial charge in [0.1, 0.15) is 0 Å². The van der Waals surface area contributed by atoms with E-state index in [0.717, 1.165) is 54.9 Å². The van der Waals surface area contributed by atoms with Crippen LogP contribution >= 0.6 is 0 Å². The molecule has 0 aliphatic carbocycles. The van der Waals surface area contributed by atoms with Crippen molar-refractivity contribution >= 4 is 5.91 Å². The molecule has 0 N–H and O–H groups in total. The predicted octanol–water partition coefficient (Wildman–Crippen LogP) is 5.15. The third-order valence-electron chi connectivity index (χ3n) is 5.92. The summed E-state index contributed by atoms with van der Waals surface area (Å²) < 4.78 is 5.16. The van der Waals surface area contributed by atoms with Crippen LogP contribution < -0.4 is 0 Å². The number of benzene rings is 2.